The number of carbonyl (C=O) groups excluding carboxylic acids is 1. The monoisotopic (exact) mass is 525 g/mol. The molecule has 0 aliphatic carbocycles. The van der Waals surface area contributed by atoms with Gasteiger partial charge < -0.3 is 18.9 Å². The van der Waals surface area contributed by atoms with Gasteiger partial charge >= 0.3 is 12.1 Å². The van der Waals surface area contributed by atoms with Gasteiger partial charge in [0.2, 0.25) is 9.79 Å². The van der Waals surface area contributed by atoms with Crippen molar-refractivity contribution < 1.29 is 36.9 Å². The maximum absolute atomic E-state index is 12.1. The van der Waals surface area contributed by atoms with Crippen LogP contribution in [0.1, 0.15) is 0 Å². The van der Waals surface area contributed by atoms with Gasteiger partial charge in [-0.1, -0.05) is 24.3 Å². The Morgan fingerprint density at radius 3 is 1.81 bits per heavy atom. The van der Waals surface area contributed by atoms with Crippen LogP contribution in [0.2, 0.25) is 0 Å². The van der Waals surface area contributed by atoms with Gasteiger partial charge in [-0.2, -0.15) is 13.2 Å². The van der Waals surface area contributed by atoms with Crippen molar-refractivity contribution in [3.63, 3.8) is 0 Å². The third-order valence-electron chi connectivity index (χ3n) is 5.23. The number of alkyl halides is 3. The van der Waals surface area contributed by atoms with E-state index < -0.39 is 25.4 Å². The molecular weight excluding hydrogens is 505 g/mol. The molecule has 0 unspecified atom stereocenters. The Hall–Kier alpha value is -4.11. The number of hydrogen-bond donors (Lipinski definition) is 0. The molecule has 0 N–H and O–H groups in total. The van der Waals surface area contributed by atoms with Gasteiger partial charge in [0.15, 0.2) is 29.6 Å². The summed E-state index contributed by atoms with van der Waals surface area (Å²) >= 11 is 0. The average Bonchev–Trinajstić information content (AvgIpc) is 2.90. The summed E-state index contributed by atoms with van der Waals surface area (Å²) in [6.45, 7) is -2.27. The van der Waals surface area contributed by atoms with Gasteiger partial charge in [-0.3, -0.25) is 0 Å². The second-order valence-corrected chi connectivity index (χ2v) is 9.87. The second kappa shape index (κ2) is 10.5. The topological polar surface area (TPSA) is 54.0 Å². The van der Waals surface area contributed by atoms with E-state index in [0.29, 0.717) is 17.2 Å². The van der Waals surface area contributed by atoms with Crippen molar-refractivity contribution in [3.8, 4) is 28.7 Å². The summed E-state index contributed by atoms with van der Waals surface area (Å²) in [5.74, 6) is 2.05. The Bertz CT molecular complexity index is 1340. The van der Waals surface area contributed by atoms with E-state index in [-0.39, 0.29) is 10.9 Å². The zero-order chi connectivity index (χ0) is 25.8. The summed E-state index contributed by atoms with van der Waals surface area (Å²) < 4.78 is 57.6. The summed E-state index contributed by atoms with van der Waals surface area (Å²) in [5, 5.41) is 0. The predicted octanol–water partition coefficient (Wildman–Crippen LogP) is 7.16. The number of hydrogen-bond acceptors (Lipinski definition) is 5. The van der Waals surface area contributed by atoms with Crippen LogP contribution in [-0.2, 0) is 20.4 Å². The fraction of sp³-hybridized carbons (Fsp3) is 0.107. The van der Waals surface area contributed by atoms with E-state index >= 15 is 0 Å². The minimum Gasteiger partial charge on any atom is -0.482 e. The van der Waals surface area contributed by atoms with Gasteiger partial charge in [-0.25, -0.2) is 4.79 Å². The first-order valence-electron chi connectivity index (χ1n) is 11.2. The van der Waals surface area contributed by atoms with E-state index in [2.05, 4.69) is 16.9 Å². The molecule has 0 saturated carbocycles. The van der Waals surface area contributed by atoms with Gasteiger partial charge in [-0.05, 0) is 72.8 Å². The molecule has 0 saturated heterocycles. The molecule has 188 valence electrons. The summed E-state index contributed by atoms with van der Waals surface area (Å²) in [7, 11) is -0.326. The normalized spacial score (nSPS) is 12.6. The largest absolute Gasteiger partial charge is 0.482 e. The molecule has 37 heavy (non-hydrogen) atoms. The van der Waals surface area contributed by atoms with Crippen molar-refractivity contribution in [1.82, 2.24) is 0 Å². The van der Waals surface area contributed by atoms with E-state index in [0.717, 1.165) is 26.2 Å². The molecule has 0 spiro atoms. The van der Waals surface area contributed by atoms with E-state index in [1.165, 1.54) is 0 Å². The molecule has 0 aromatic heterocycles. The minimum atomic E-state index is -4.58. The molecule has 4 aromatic carbocycles. The van der Waals surface area contributed by atoms with E-state index in [4.69, 9.17) is 14.2 Å². The Labute approximate surface area is 213 Å². The van der Waals surface area contributed by atoms with Crippen LogP contribution in [0.4, 0.5) is 13.2 Å². The molecular formula is C28H20F3O5S+. The van der Waals surface area contributed by atoms with Crippen LogP contribution < -0.4 is 14.2 Å². The van der Waals surface area contributed by atoms with E-state index in [1.807, 2.05) is 60.7 Å². The highest BCUT2D eigenvalue weighted by atomic mass is 32.2. The van der Waals surface area contributed by atoms with E-state index in [9.17, 15) is 18.0 Å². The number of para-hydroxylation sites is 2. The molecule has 5 rings (SSSR count). The highest BCUT2D eigenvalue weighted by Crippen LogP contribution is 2.46. The number of benzene rings is 4. The van der Waals surface area contributed by atoms with Crippen molar-refractivity contribution in [2.75, 3.05) is 13.2 Å². The summed E-state index contributed by atoms with van der Waals surface area (Å²) in [6, 6.07) is 30.3. The van der Waals surface area contributed by atoms with Crippen molar-refractivity contribution in [3.05, 3.63) is 97.1 Å². The van der Waals surface area contributed by atoms with Crippen molar-refractivity contribution in [2.24, 2.45) is 0 Å². The molecule has 5 nitrogen and oxygen atoms in total. The lowest BCUT2D eigenvalue weighted by Crippen LogP contribution is -2.23. The Balaban J connectivity index is 1.24. The van der Waals surface area contributed by atoms with Crippen LogP contribution >= 0.6 is 0 Å². The van der Waals surface area contributed by atoms with Crippen LogP contribution in [0.15, 0.2) is 112 Å². The molecule has 0 amide bonds. The zero-order valence-electron chi connectivity index (χ0n) is 19.2. The zero-order valence-corrected chi connectivity index (χ0v) is 20.1. The number of rotatable bonds is 7. The van der Waals surface area contributed by atoms with Crippen LogP contribution in [-0.4, -0.2) is 25.4 Å². The molecule has 0 fully saturated rings. The van der Waals surface area contributed by atoms with Gasteiger partial charge in [0.25, 0.3) is 0 Å². The summed E-state index contributed by atoms with van der Waals surface area (Å²) in [4.78, 5) is 14.7. The summed E-state index contributed by atoms with van der Waals surface area (Å²) in [6.07, 6.45) is -4.58. The highest BCUT2D eigenvalue weighted by molar-refractivity contribution is 7.97. The van der Waals surface area contributed by atoms with Gasteiger partial charge in [0.1, 0.15) is 28.1 Å². The van der Waals surface area contributed by atoms with Gasteiger partial charge in [-0.15, -0.1) is 0 Å². The maximum atomic E-state index is 12.1. The molecule has 0 atom stereocenters. The molecule has 1 heterocycles. The maximum Gasteiger partial charge on any atom is 0.422 e. The van der Waals surface area contributed by atoms with Crippen molar-refractivity contribution in [1.29, 1.82) is 0 Å². The smallest absolute Gasteiger partial charge is 0.422 e. The fourth-order valence-corrected chi connectivity index (χ4v) is 5.83. The minimum absolute atomic E-state index is 0.296. The van der Waals surface area contributed by atoms with E-state index in [1.54, 1.807) is 24.3 Å². The highest BCUT2D eigenvalue weighted by Gasteiger charge is 2.38. The predicted molar refractivity (Wildman–Crippen MR) is 131 cm³/mol. The number of fused-ring (bicyclic) bond motifs is 2. The van der Waals surface area contributed by atoms with Crippen LogP contribution in [0.3, 0.4) is 0 Å². The molecule has 0 bridgehead atoms. The number of esters is 1. The number of ether oxygens (including phenoxy) is 4. The van der Waals surface area contributed by atoms with Crippen molar-refractivity contribution >= 4 is 16.9 Å². The van der Waals surface area contributed by atoms with Gasteiger partial charge in [0.05, 0.1) is 0 Å². The Kier molecular flexibility index (Phi) is 6.96. The first-order chi connectivity index (χ1) is 17.9. The lowest BCUT2D eigenvalue weighted by molar-refractivity contribution is -0.187. The lowest BCUT2D eigenvalue weighted by Gasteiger charge is -2.19. The fourth-order valence-electron chi connectivity index (χ4n) is 3.63. The lowest BCUT2D eigenvalue weighted by atomic mass is 10.3. The van der Waals surface area contributed by atoms with Crippen LogP contribution in [0, 0.1) is 0 Å². The molecule has 1 aliphatic rings. The third-order valence-corrected chi connectivity index (χ3v) is 7.53. The Morgan fingerprint density at radius 1 is 0.730 bits per heavy atom. The molecule has 1 aliphatic heterocycles. The summed E-state index contributed by atoms with van der Waals surface area (Å²) in [5.41, 5.74) is 0. The standard InChI is InChI=1S/C28H20F3O5S/c29-28(30,31)18-34-27(32)17-33-19-9-11-20(12-10-19)35-21-13-15-22(16-14-21)37-25-7-3-1-5-23(25)36-24-6-2-4-8-26(24)37/h1-16H,17-18H2/q+1. The van der Waals surface area contributed by atoms with Crippen LogP contribution in [0.25, 0.3) is 0 Å². The first-order valence-corrected chi connectivity index (χ1v) is 12.4. The first kappa shape index (κ1) is 24.6. The SMILES string of the molecule is O=C(COc1ccc(Oc2ccc([S+]3c4ccccc4Oc4ccccc43)cc2)cc1)OCC(F)(F)F. The molecule has 9 heteroatoms. The number of halogens is 3. The Morgan fingerprint density at radius 2 is 1.24 bits per heavy atom. The van der Waals surface area contributed by atoms with Crippen molar-refractivity contribution in [2.45, 2.75) is 20.9 Å². The second-order valence-electron chi connectivity index (χ2n) is 7.91. The quantitative estimate of drug-likeness (QED) is 0.167. The van der Waals surface area contributed by atoms with Crippen LogP contribution in [0.5, 0.6) is 28.7 Å². The average molecular weight is 526 g/mol. The number of carbonyl (C=O) groups is 1. The third kappa shape index (κ3) is 6.00. The molecule has 0 radical (unpaired) electrons. The van der Waals surface area contributed by atoms with Gasteiger partial charge in [0, 0.05) is 0 Å². The molecule has 4 aromatic rings.